The maximum Gasteiger partial charge on any atom is 0.0953 e. The lowest BCUT2D eigenvalue weighted by atomic mass is 10.0. The molecule has 0 aromatic heterocycles. The summed E-state index contributed by atoms with van der Waals surface area (Å²) < 4.78 is 16.6. The van der Waals surface area contributed by atoms with Crippen LogP contribution in [0.15, 0.2) is 0 Å². The molecule has 6 saturated heterocycles. The second-order valence-electron chi connectivity index (χ2n) is 19.7. The van der Waals surface area contributed by atoms with E-state index in [1.807, 2.05) is 0 Å². The molecule has 0 aliphatic carbocycles. The Hall–Kier alpha value is 2.36. The van der Waals surface area contributed by atoms with E-state index in [0.29, 0.717) is 9.68 Å². The molecular weight excluding hydrogens is 914 g/mol. The molecule has 0 aromatic rings. The van der Waals surface area contributed by atoms with Crippen molar-refractivity contribution < 1.29 is 0 Å². The molecule has 4 unspecified atom stereocenters. The summed E-state index contributed by atoms with van der Waals surface area (Å²) in [7, 11) is 9.95. The number of nitrogens with zero attached hydrogens (tertiary/aromatic N) is 6. The Balaban J connectivity index is 0.000000356. The number of piperidine rings is 4. The highest BCUT2D eigenvalue weighted by Crippen LogP contribution is 2.22. The smallest absolute Gasteiger partial charge is 0.0953 e. The summed E-state index contributed by atoms with van der Waals surface area (Å²) in [6, 6.07) is 13.0. The quantitative estimate of drug-likeness (QED) is 0.175. The van der Waals surface area contributed by atoms with Gasteiger partial charge < -0.3 is 27.4 Å². The molecule has 4 atom stereocenters. The van der Waals surface area contributed by atoms with Crippen LogP contribution < -0.4 is 0 Å². The third kappa shape index (κ3) is 31.1. The van der Waals surface area contributed by atoms with Gasteiger partial charge in [0, 0.05) is 85.6 Å². The minimum absolute atomic E-state index is 0.139. The maximum absolute atomic E-state index is 2.85. The van der Waals surface area contributed by atoms with Gasteiger partial charge in [-0.15, -0.1) is 0 Å². The lowest BCUT2D eigenvalue weighted by molar-refractivity contribution is 0.206. The van der Waals surface area contributed by atoms with Crippen LogP contribution >= 0.6 is 0 Å². The highest BCUT2D eigenvalue weighted by Gasteiger charge is 2.24. The van der Waals surface area contributed by atoms with E-state index in [9.17, 15) is 0 Å². The molecular formula is C41H112N6Si12. The summed E-state index contributed by atoms with van der Waals surface area (Å²) in [6.07, 6.45) is 23.6. The average Bonchev–Trinajstić information content (AvgIpc) is 3.98. The minimum Gasteiger partial charge on any atom is -0.329 e. The minimum atomic E-state index is 0.139. The topological polar surface area (TPSA) is 19.4 Å². The molecule has 0 bridgehead atoms. The molecule has 6 fully saturated rings. The third-order valence-corrected chi connectivity index (χ3v) is 37.4. The van der Waals surface area contributed by atoms with Crippen LogP contribution in [-0.4, -0.2) is 223 Å². The largest absolute Gasteiger partial charge is 0.329 e. The van der Waals surface area contributed by atoms with Crippen LogP contribution in [-0.2, 0) is 0 Å². The maximum atomic E-state index is 2.85. The molecule has 6 aliphatic rings. The zero-order valence-corrected chi connectivity index (χ0v) is 63.1. The van der Waals surface area contributed by atoms with Gasteiger partial charge in [-0.2, -0.15) is 0 Å². The van der Waals surface area contributed by atoms with Crippen LogP contribution in [0.1, 0.15) is 130 Å². The van der Waals surface area contributed by atoms with E-state index < -0.39 is 0 Å². The molecule has 6 rings (SSSR count). The van der Waals surface area contributed by atoms with E-state index in [2.05, 4.69) is 55.1 Å². The molecule has 6 heterocycles. The van der Waals surface area contributed by atoms with Crippen LogP contribution in [0.25, 0.3) is 0 Å². The Kier molecular flexibility index (Phi) is 42.0. The molecule has 0 N–H and O–H groups in total. The fourth-order valence-corrected chi connectivity index (χ4v) is 28.5. The second-order valence-corrected chi connectivity index (χ2v) is 44.5. The van der Waals surface area contributed by atoms with E-state index in [0.717, 1.165) is 24.2 Å². The van der Waals surface area contributed by atoms with Crippen molar-refractivity contribution in [3.05, 3.63) is 0 Å². The van der Waals surface area contributed by atoms with Gasteiger partial charge in [0.05, 0.1) is 58.1 Å². The predicted octanol–water partition coefficient (Wildman–Crippen LogP) is -2.06. The van der Waals surface area contributed by atoms with Gasteiger partial charge in [-0.3, -0.25) is 0 Å². The van der Waals surface area contributed by atoms with Crippen LogP contribution in [0.5, 0.6) is 0 Å². The van der Waals surface area contributed by atoms with Crippen molar-refractivity contribution in [2.75, 3.05) is 52.4 Å². The first kappa shape index (κ1) is 59.4. The molecule has 6 nitrogen and oxygen atoms in total. The predicted molar refractivity (Wildman–Crippen MR) is 316 cm³/mol. The summed E-state index contributed by atoms with van der Waals surface area (Å²) in [5.74, 6) is 0. The van der Waals surface area contributed by atoms with Crippen molar-refractivity contribution in [3.63, 3.8) is 0 Å². The molecule has 0 saturated carbocycles. The molecule has 0 amide bonds. The van der Waals surface area contributed by atoms with Gasteiger partial charge in [0.15, 0.2) is 0 Å². The number of hydrogen-bond donors (Lipinski definition) is 0. The monoisotopic (exact) mass is 1020 g/mol. The van der Waals surface area contributed by atoms with Crippen LogP contribution in [0.4, 0.5) is 0 Å². The van der Waals surface area contributed by atoms with Crippen molar-refractivity contribution in [1.29, 1.82) is 0 Å². The zero-order valence-electron chi connectivity index (χ0n) is 42.6. The average molecular weight is 1030 g/mol. The molecule has 59 heavy (non-hydrogen) atoms. The highest BCUT2D eigenvalue weighted by molar-refractivity contribution is 6.45. The van der Waals surface area contributed by atoms with E-state index >= 15 is 0 Å². The van der Waals surface area contributed by atoms with Gasteiger partial charge in [-0.1, -0.05) is 107 Å². The van der Waals surface area contributed by atoms with Crippen LogP contribution in [0.3, 0.4) is 0 Å². The first-order valence-electron chi connectivity index (χ1n) is 27.1. The number of hydrogen-bond acceptors (Lipinski definition) is 6. The molecule has 0 radical (unpaired) electrons. The van der Waals surface area contributed by atoms with E-state index in [-0.39, 0.29) is 48.4 Å². The van der Waals surface area contributed by atoms with Crippen molar-refractivity contribution in [2.24, 2.45) is 0 Å². The Morgan fingerprint density at radius 2 is 0.576 bits per heavy atom. The summed E-state index contributed by atoms with van der Waals surface area (Å²) >= 11 is 0. The molecule has 0 aromatic carbocycles. The SMILES string of the molecule is CC1CCCC(C)N1[SiH2]CC[SiH3].CC1CCCC(C)N1[SiH2]C[SiH3].[SiH3]CC[SiH2]N1CCCC1.[SiH3]CC[SiH2]N1CCCCC1.[SiH3]C[SiH2]N1CCCC1.[SiH3]C[SiH2]N1CCCCC1. The van der Waals surface area contributed by atoms with Crippen LogP contribution in [0, 0.1) is 0 Å². The lowest BCUT2D eigenvalue weighted by Crippen LogP contribution is -2.45. The second kappa shape index (κ2) is 41.8. The van der Waals surface area contributed by atoms with Gasteiger partial charge >= 0.3 is 0 Å². The van der Waals surface area contributed by atoms with Crippen molar-refractivity contribution in [3.8, 4) is 0 Å². The fraction of sp³-hybridized carbons (Fsp3) is 1.00. The summed E-state index contributed by atoms with van der Waals surface area (Å²) in [6.45, 7) is 21.2. The molecule has 354 valence electrons. The molecule has 18 heteroatoms. The van der Waals surface area contributed by atoms with Gasteiger partial charge in [0.25, 0.3) is 0 Å². The van der Waals surface area contributed by atoms with E-state index in [1.54, 1.807) is 47.2 Å². The fourth-order valence-electron chi connectivity index (χ4n) is 10.2. The lowest BCUT2D eigenvalue weighted by Gasteiger charge is -2.39. The first-order chi connectivity index (χ1) is 28.7. The summed E-state index contributed by atoms with van der Waals surface area (Å²) in [4.78, 5) is 0. The van der Waals surface area contributed by atoms with E-state index in [1.165, 1.54) is 223 Å². The molecule has 0 spiro atoms. The van der Waals surface area contributed by atoms with Gasteiger partial charge in [-0.25, -0.2) is 0 Å². The van der Waals surface area contributed by atoms with Crippen molar-refractivity contribution in [2.45, 2.75) is 208 Å². The Labute approximate surface area is 404 Å². The van der Waals surface area contributed by atoms with Gasteiger partial charge in [0.2, 0.25) is 0 Å². The Morgan fingerprint density at radius 3 is 0.864 bits per heavy atom. The summed E-state index contributed by atoms with van der Waals surface area (Å²) in [5, 5.41) is 0. The Bertz CT molecular complexity index is 865. The van der Waals surface area contributed by atoms with Crippen molar-refractivity contribution >= 4 is 120 Å². The highest BCUT2D eigenvalue weighted by atomic mass is 28.3. The zero-order chi connectivity index (χ0) is 43.4. The number of rotatable bonds is 15. The van der Waals surface area contributed by atoms with Gasteiger partial charge in [0.1, 0.15) is 0 Å². The third-order valence-electron chi connectivity index (χ3n) is 14.0. The molecule has 6 aliphatic heterocycles. The first-order valence-corrected chi connectivity index (χ1v) is 45.4. The van der Waals surface area contributed by atoms with Crippen molar-refractivity contribution in [1.82, 2.24) is 27.4 Å². The normalized spacial score (nSPS) is 27.7. The van der Waals surface area contributed by atoms with Crippen LogP contribution in [0.2, 0.25) is 53.3 Å². The summed E-state index contributed by atoms with van der Waals surface area (Å²) in [5.41, 5.74) is 4.77. The van der Waals surface area contributed by atoms with E-state index in [4.69, 9.17) is 0 Å². The standard InChI is InChI=1S/C9H23NSi2.C8H21NSi2.C7H19NSi2.2C6H17NSi2.C5H15NSi2/c1-8-4-3-5-9(2)10(8)12-7-6-11;1-7-4-3-5-8(2)9(7)11-6-10;9-6-7-10-8-4-2-1-3-5-8;8-5-6-9-7-3-1-2-4-7;8-6-9-7-4-2-1-3-5-7;7-5-8-6-3-1-2-4-6/h8-9H,3-7,12H2,1-2,11H3;7-8H,3-6,11H2,1-2,10H3;1-7,10H2,9H3;2*1-6,9H2,8H3;1-5,8H2,7H3. The van der Waals surface area contributed by atoms with Gasteiger partial charge in [-0.05, 0) is 129 Å². The Morgan fingerprint density at radius 1 is 0.322 bits per heavy atom.